The SMILES string of the molecule is Cc1ccc2[nH]c3c(c2c1)CC(NC(=O)c1ccc(N(C)C)cc1)C3. The van der Waals surface area contributed by atoms with E-state index < -0.39 is 0 Å². The van der Waals surface area contributed by atoms with E-state index in [1.54, 1.807) is 0 Å². The predicted molar refractivity (Wildman–Crippen MR) is 102 cm³/mol. The number of hydrogen-bond donors (Lipinski definition) is 2. The van der Waals surface area contributed by atoms with Crippen molar-refractivity contribution in [1.29, 1.82) is 0 Å². The summed E-state index contributed by atoms with van der Waals surface area (Å²) in [5.41, 5.74) is 6.87. The summed E-state index contributed by atoms with van der Waals surface area (Å²) < 4.78 is 0. The first kappa shape index (κ1) is 15.8. The first-order valence-corrected chi connectivity index (χ1v) is 8.69. The van der Waals surface area contributed by atoms with E-state index in [9.17, 15) is 4.79 Å². The van der Waals surface area contributed by atoms with E-state index in [-0.39, 0.29) is 11.9 Å². The van der Waals surface area contributed by atoms with Crippen molar-refractivity contribution in [3.05, 3.63) is 64.8 Å². The topological polar surface area (TPSA) is 48.1 Å². The highest BCUT2D eigenvalue weighted by Crippen LogP contribution is 2.30. The lowest BCUT2D eigenvalue weighted by molar-refractivity contribution is 0.0938. The third-order valence-electron chi connectivity index (χ3n) is 5.03. The van der Waals surface area contributed by atoms with Gasteiger partial charge in [-0.15, -0.1) is 0 Å². The molecule has 0 bridgehead atoms. The minimum Gasteiger partial charge on any atom is -0.378 e. The number of aryl methyl sites for hydroxylation is 1. The summed E-state index contributed by atoms with van der Waals surface area (Å²) in [7, 11) is 3.99. The van der Waals surface area contributed by atoms with E-state index in [1.165, 1.54) is 27.7 Å². The molecule has 1 amide bonds. The number of hydrogen-bond acceptors (Lipinski definition) is 2. The molecule has 0 radical (unpaired) electrons. The minimum absolute atomic E-state index is 0.000875. The van der Waals surface area contributed by atoms with Crippen LogP contribution in [0.5, 0.6) is 0 Å². The molecular weight excluding hydrogens is 310 g/mol. The van der Waals surface area contributed by atoms with E-state index in [4.69, 9.17) is 0 Å². The van der Waals surface area contributed by atoms with Crippen LogP contribution in [-0.2, 0) is 12.8 Å². The van der Waals surface area contributed by atoms with E-state index >= 15 is 0 Å². The second-order valence-corrected chi connectivity index (χ2v) is 7.15. The monoisotopic (exact) mass is 333 g/mol. The van der Waals surface area contributed by atoms with Gasteiger partial charge in [0, 0.05) is 54.4 Å². The first-order chi connectivity index (χ1) is 12.0. The van der Waals surface area contributed by atoms with Crippen LogP contribution in [0.1, 0.15) is 27.2 Å². The number of rotatable bonds is 3. The van der Waals surface area contributed by atoms with Gasteiger partial charge in [0.2, 0.25) is 0 Å². The summed E-state index contributed by atoms with van der Waals surface area (Å²) in [6.45, 7) is 2.12. The largest absolute Gasteiger partial charge is 0.378 e. The van der Waals surface area contributed by atoms with Crippen LogP contribution in [0.2, 0.25) is 0 Å². The molecule has 4 heteroatoms. The number of nitrogens with zero attached hydrogens (tertiary/aromatic N) is 1. The van der Waals surface area contributed by atoms with E-state index in [1.807, 2.05) is 43.3 Å². The van der Waals surface area contributed by atoms with Crippen molar-refractivity contribution >= 4 is 22.5 Å². The molecule has 0 saturated heterocycles. The normalized spacial score (nSPS) is 16.0. The van der Waals surface area contributed by atoms with Gasteiger partial charge in [-0.1, -0.05) is 11.6 Å². The summed E-state index contributed by atoms with van der Waals surface area (Å²) in [6, 6.07) is 14.4. The maximum Gasteiger partial charge on any atom is 0.251 e. The maximum atomic E-state index is 12.5. The average Bonchev–Trinajstić information content (AvgIpc) is 3.12. The Kier molecular flexibility index (Phi) is 3.75. The Morgan fingerprint density at radius 3 is 2.60 bits per heavy atom. The number of benzene rings is 2. The molecule has 2 aromatic carbocycles. The minimum atomic E-state index is 0.000875. The lowest BCUT2D eigenvalue weighted by atomic mass is 10.1. The summed E-state index contributed by atoms with van der Waals surface area (Å²) in [6.07, 6.45) is 1.75. The van der Waals surface area contributed by atoms with Crippen LogP contribution in [0.3, 0.4) is 0 Å². The van der Waals surface area contributed by atoms with Crippen LogP contribution in [0, 0.1) is 6.92 Å². The van der Waals surface area contributed by atoms with Crippen LogP contribution in [0.4, 0.5) is 5.69 Å². The zero-order chi connectivity index (χ0) is 17.6. The molecule has 0 fully saturated rings. The van der Waals surface area contributed by atoms with Gasteiger partial charge in [-0.3, -0.25) is 4.79 Å². The Balaban J connectivity index is 1.48. The van der Waals surface area contributed by atoms with Crippen LogP contribution < -0.4 is 10.2 Å². The van der Waals surface area contributed by atoms with Gasteiger partial charge in [0.05, 0.1) is 0 Å². The number of nitrogens with one attached hydrogen (secondary N) is 2. The van der Waals surface area contributed by atoms with Gasteiger partial charge in [-0.25, -0.2) is 0 Å². The number of carbonyl (C=O) groups excluding carboxylic acids is 1. The number of aromatic nitrogens is 1. The molecule has 1 aliphatic carbocycles. The zero-order valence-corrected chi connectivity index (χ0v) is 14.9. The van der Waals surface area contributed by atoms with Gasteiger partial charge in [-0.05, 0) is 55.3 Å². The van der Waals surface area contributed by atoms with Gasteiger partial charge in [0.15, 0.2) is 0 Å². The zero-order valence-electron chi connectivity index (χ0n) is 14.9. The smallest absolute Gasteiger partial charge is 0.251 e. The summed E-state index contributed by atoms with van der Waals surface area (Å²) in [5, 5.41) is 4.48. The standard InChI is InChI=1S/C21H23N3O/c1-13-4-9-19-17(10-13)18-11-15(12-20(18)23-19)22-21(25)14-5-7-16(8-6-14)24(2)3/h4-10,15,23H,11-12H2,1-3H3,(H,22,25). The molecule has 1 aromatic heterocycles. The number of fused-ring (bicyclic) bond motifs is 3. The molecule has 1 aliphatic rings. The van der Waals surface area contributed by atoms with Gasteiger partial charge in [-0.2, -0.15) is 0 Å². The molecule has 3 aromatic rings. The van der Waals surface area contributed by atoms with Gasteiger partial charge in [0.1, 0.15) is 0 Å². The van der Waals surface area contributed by atoms with Crippen LogP contribution in [-0.4, -0.2) is 31.0 Å². The lowest BCUT2D eigenvalue weighted by Gasteiger charge is -2.15. The second-order valence-electron chi connectivity index (χ2n) is 7.15. The molecule has 1 atom stereocenters. The quantitative estimate of drug-likeness (QED) is 0.771. The Morgan fingerprint density at radius 2 is 1.88 bits per heavy atom. The van der Waals surface area contributed by atoms with Crippen molar-refractivity contribution in [1.82, 2.24) is 10.3 Å². The Labute approximate surface area is 147 Å². The van der Waals surface area contributed by atoms with E-state index in [0.717, 1.165) is 18.5 Å². The van der Waals surface area contributed by atoms with Gasteiger partial charge >= 0.3 is 0 Å². The van der Waals surface area contributed by atoms with E-state index in [0.29, 0.717) is 5.56 Å². The molecule has 0 aliphatic heterocycles. The molecule has 1 unspecified atom stereocenters. The molecule has 0 saturated carbocycles. The Bertz CT molecular complexity index is 938. The van der Waals surface area contributed by atoms with Crippen molar-refractivity contribution in [2.75, 3.05) is 19.0 Å². The van der Waals surface area contributed by atoms with Crippen LogP contribution in [0.25, 0.3) is 10.9 Å². The van der Waals surface area contributed by atoms with Crippen molar-refractivity contribution in [3.63, 3.8) is 0 Å². The number of amides is 1. The molecule has 2 N–H and O–H groups in total. The molecule has 25 heavy (non-hydrogen) atoms. The molecular formula is C21H23N3O. The number of carbonyl (C=O) groups is 1. The van der Waals surface area contributed by atoms with Gasteiger partial charge < -0.3 is 15.2 Å². The highest BCUT2D eigenvalue weighted by molar-refractivity contribution is 5.95. The van der Waals surface area contributed by atoms with Crippen molar-refractivity contribution in [2.45, 2.75) is 25.8 Å². The molecule has 4 nitrogen and oxygen atoms in total. The summed E-state index contributed by atoms with van der Waals surface area (Å²) >= 11 is 0. The van der Waals surface area contributed by atoms with Crippen molar-refractivity contribution in [3.8, 4) is 0 Å². The number of H-pyrrole nitrogens is 1. The lowest BCUT2D eigenvalue weighted by Crippen LogP contribution is -2.35. The number of anilines is 1. The highest BCUT2D eigenvalue weighted by Gasteiger charge is 2.26. The fourth-order valence-electron chi connectivity index (χ4n) is 3.67. The third-order valence-corrected chi connectivity index (χ3v) is 5.03. The molecule has 0 spiro atoms. The molecule has 4 rings (SSSR count). The Hall–Kier alpha value is -2.75. The summed E-state index contributed by atoms with van der Waals surface area (Å²) in [5.74, 6) is 0.000875. The fraction of sp³-hybridized carbons (Fsp3) is 0.286. The molecule has 128 valence electrons. The Morgan fingerprint density at radius 1 is 1.12 bits per heavy atom. The maximum absolute atomic E-state index is 12.5. The highest BCUT2D eigenvalue weighted by atomic mass is 16.1. The second kappa shape index (κ2) is 5.96. The van der Waals surface area contributed by atoms with Gasteiger partial charge in [0.25, 0.3) is 5.91 Å². The van der Waals surface area contributed by atoms with E-state index in [2.05, 4.69) is 35.4 Å². The first-order valence-electron chi connectivity index (χ1n) is 8.69. The van der Waals surface area contributed by atoms with Crippen LogP contribution >= 0.6 is 0 Å². The average molecular weight is 333 g/mol. The van der Waals surface area contributed by atoms with Crippen molar-refractivity contribution < 1.29 is 4.79 Å². The fourth-order valence-corrected chi connectivity index (χ4v) is 3.67. The predicted octanol–water partition coefficient (Wildman–Crippen LogP) is 3.44. The number of aromatic amines is 1. The summed E-state index contributed by atoms with van der Waals surface area (Å²) in [4.78, 5) is 18.1. The van der Waals surface area contributed by atoms with Crippen molar-refractivity contribution in [2.24, 2.45) is 0 Å². The van der Waals surface area contributed by atoms with Crippen LogP contribution in [0.15, 0.2) is 42.5 Å². The third kappa shape index (κ3) is 2.88. The molecule has 1 heterocycles.